The first-order chi connectivity index (χ1) is 8.31. The summed E-state index contributed by atoms with van der Waals surface area (Å²) in [5.41, 5.74) is 0.550. The summed E-state index contributed by atoms with van der Waals surface area (Å²) in [6, 6.07) is 7.98. The van der Waals surface area contributed by atoms with E-state index in [9.17, 15) is 0 Å². The zero-order valence-electron chi connectivity index (χ0n) is 9.90. The molecule has 0 heterocycles. The molecule has 1 fully saturated rings. The van der Waals surface area contributed by atoms with Gasteiger partial charge in [-0.25, -0.2) is 0 Å². The Morgan fingerprint density at radius 2 is 2.12 bits per heavy atom. The van der Waals surface area contributed by atoms with E-state index in [0.717, 1.165) is 6.54 Å². The second-order valence-corrected chi connectivity index (χ2v) is 4.09. The highest BCUT2D eigenvalue weighted by Crippen LogP contribution is 2.22. The maximum Gasteiger partial charge on any atom is 0.124 e. The number of nitrogens with zero attached hydrogens (tertiary/aromatic N) is 1. The van der Waals surface area contributed by atoms with Crippen LogP contribution in [0.1, 0.15) is 18.4 Å². The van der Waals surface area contributed by atoms with Gasteiger partial charge in [-0.3, -0.25) is 0 Å². The van der Waals surface area contributed by atoms with Gasteiger partial charge in [-0.1, -0.05) is 0 Å². The van der Waals surface area contributed by atoms with Crippen LogP contribution in [0, 0.1) is 11.3 Å². The fourth-order valence-corrected chi connectivity index (χ4v) is 1.56. The lowest BCUT2D eigenvalue weighted by molar-refractivity contribution is 0.311. The molecule has 0 atom stereocenters. The second-order valence-electron chi connectivity index (χ2n) is 4.09. The molecule has 0 aromatic heterocycles. The van der Waals surface area contributed by atoms with E-state index in [-0.39, 0.29) is 0 Å². The van der Waals surface area contributed by atoms with E-state index >= 15 is 0 Å². The molecule has 90 valence electrons. The van der Waals surface area contributed by atoms with Gasteiger partial charge >= 0.3 is 0 Å². The summed E-state index contributed by atoms with van der Waals surface area (Å²) in [7, 11) is 1.58. The Bertz CT molecular complexity index is 422. The van der Waals surface area contributed by atoms with Crippen LogP contribution < -0.4 is 14.8 Å². The van der Waals surface area contributed by atoms with Crippen LogP contribution in [-0.2, 0) is 0 Å². The SMILES string of the molecule is COc1cc(C#N)cc(OCCNC2CC2)c1. The molecular weight excluding hydrogens is 216 g/mol. The minimum Gasteiger partial charge on any atom is -0.497 e. The van der Waals surface area contributed by atoms with Gasteiger partial charge in [0.1, 0.15) is 18.1 Å². The monoisotopic (exact) mass is 232 g/mol. The molecular formula is C13H16N2O2. The zero-order chi connectivity index (χ0) is 12.1. The van der Waals surface area contributed by atoms with E-state index in [1.54, 1.807) is 25.3 Å². The molecule has 0 bridgehead atoms. The second kappa shape index (κ2) is 5.55. The molecule has 4 heteroatoms. The first kappa shape index (κ1) is 11.7. The first-order valence-electron chi connectivity index (χ1n) is 5.77. The van der Waals surface area contributed by atoms with E-state index in [1.807, 2.05) is 0 Å². The molecule has 1 aromatic carbocycles. The Kier molecular flexibility index (Phi) is 3.84. The fraction of sp³-hybridized carbons (Fsp3) is 0.462. The molecule has 0 spiro atoms. The number of benzene rings is 1. The highest BCUT2D eigenvalue weighted by Gasteiger charge is 2.19. The third kappa shape index (κ3) is 3.65. The topological polar surface area (TPSA) is 54.3 Å². The third-order valence-corrected chi connectivity index (χ3v) is 2.63. The Morgan fingerprint density at radius 3 is 2.76 bits per heavy atom. The lowest BCUT2D eigenvalue weighted by atomic mass is 10.2. The van der Waals surface area contributed by atoms with Crippen molar-refractivity contribution in [1.82, 2.24) is 5.32 Å². The zero-order valence-corrected chi connectivity index (χ0v) is 9.90. The molecule has 0 amide bonds. The fourth-order valence-electron chi connectivity index (χ4n) is 1.56. The van der Waals surface area contributed by atoms with Crippen LogP contribution in [0.2, 0.25) is 0 Å². The van der Waals surface area contributed by atoms with E-state index in [0.29, 0.717) is 29.7 Å². The van der Waals surface area contributed by atoms with Crippen molar-refractivity contribution in [2.45, 2.75) is 18.9 Å². The number of hydrogen-bond acceptors (Lipinski definition) is 4. The summed E-state index contributed by atoms with van der Waals surface area (Å²) >= 11 is 0. The van der Waals surface area contributed by atoms with Gasteiger partial charge in [-0.2, -0.15) is 5.26 Å². The maximum absolute atomic E-state index is 8.86. The van der Waals surface area contributed by atoms with Crippen molar-refractivity contribution < 1.29 is 9.47 Å². The van der Waals surface area contributed by atoms with E-state index in [2.05, 4.69) is 11.4 Å². The van der Waals surface area contributed by atoms with Gasteiger partial charge in [-0.05, 0) is 25.0 Å². The molecule has 17 heavy (non-hydrogen) atoms. The molecule has 2 rings (SSSR count). The molecule has 1 aliphatic carbocycles. The van der Waals surface area contributed by atoms with Crippen molar-refractivity contribution in [1.29, 1.82) is 5.26 Å². The van der Waals surface area contributed by atoms with Gasteiger partial charge in [0.05, 0.1) is 18.7 Å². The van der Waals surface area contributed by atoms with Crippen molar-refractivity contribution in [2.24, 2.45) is 0 Å². The molecule has 0 saturated heterocycles. The highest BCUT2D eigenvalue weighted by molar-refractivity contribution is 5.43. The Balaban J connectivity index is 1.87. The molecule has 1 saturated carbocycles. The lowest BCUT2D eigenvalue weighted by Gasteiger charge is -2.09. The van der Waals surface area contributed by atoms with Gasteiger partial charge in [0.25, 0.3) is 0 Å². The summed E-state index contributed by atoms with van der Waals surface area (Å²) < 4.78 is 10.7. The summed E-state index contributed by atoms with van der Waals surface area (Å²) in [6.45, 7) is 1.44. The normalized spacial score (nSPS) is 14.1. The maximum atomic E-state index is 8.86. The Labute approximate surface area is 101 Å². The number of nitriles is 1. The Hall–Kier alpha value is -1.73. The van der Waals surface area contributed by atoms with E-state index in [1.165, 1.54) is 12.8 Å². The van der Waals surface area contributed by atoms with Crippen LogP contribution in [0.4, 0.5) is 0 Å². The van der Waals surface area contributed by atoms with Gasteiger partial charge in [0, 0.05) is 18.7 Å². The molecule has 0 aliphatic heterocycles. The number of ether oxygens (including phenoxy) is 2. The predicted molar refractivity (Wildman–Crippen MR) is 64.2 cm³/mol. The minimum atomic E-state index is 0.550. The number of methoxy groups -OCH3 is 1. The molecule has 4 nitrogen and oxygen atoms in total. The van der Waals surface area contributed by atoms with Gasteiger partial charge < -0.3 is 14.8 Å². The van der Waals surface area contributed by atoms with Gasteiger partial charge in [0.2, 0.25) is 0 Å². The first-order valence-corrected chi connectivity index (χ1v) is 5.77. The molecule has 1 aromatic rings. The molecule has 1 aliphatic rings. The van der Waals surface area contributed by atoms with Crippen LogP contribution in [-0.4, -0.2) is 26.3 Å². The average molecular weight is 232 g/mol. The summed E-state index contributed by atoms with van der Waals surface area (Å²) in [5, 5.41) is 12.2. The van der Waals surface area contributed by atoms with E-state index in [4.69, 9.17) is 14.7 Å². The predicted octanol–water partition coefficient (Wildman–Crippen LogP) is 1.70. The van der Waals surface area contributed by atoms with Crippen LogP contribution in [0.3, 0.4) is 0 Å². The van der Waals surface area contributed by atoms with Gasteiger partial charge in [0.15, 0.2) is 0 Å². The summed E-state index contributed by atoms with van der Waals surface area (Å²) in [4.78, 5) is 0. The molecule has 0 radical (unpaired) electrons. The van der Waals surface area contributed by atoms with Crippen molar-refractivity contribution in [3.63, 3.8) is 0 Å². The summed E-state index contributed by atoms with van der Waals surface area (Å²) in [5.74, 6) is 1.33. The van der Waals surface area contributed by atoms with E-state index < -0.39 is 0 Å². The number of rotatable bonds is 6. The third-order valence-electron chi connectivity index (χ3n) is 2.63. The van der Waals surface area contributed by atoms with Gasteiger partial charge in [-0.15, -0.1) is 0 Å². The molecule has 0 unspecified atom stereocenters. The highest BCUT2D eigenvalue weighted by atomic mass is 16.5. The van der Waals surface area contributed by atoms with Crippen molar-refractivity contribution in [3.8, 4) is 17.6 Å². The van der Waals surface area contributed by atoms with Crippen molar-refractivity contribution in [2.75, 3.05) is 20.3 Å². The lowest BCUT2D eigenvalue weighted by Crippen LogP contribution is -2.22. The number of hydrogen-bond donors (Lipinski definition) is 1. The standard InChI is InChI=1S/C13H16N2O2/c1-16-12-6-10(9-14)7-13(8-12)17-5-4-15-11-2-3-11/h6-8,11,15H,2-5H2,1H3. The summed E-state index contributed by atoms with van der Waals surface area (Å²) in [6.07, 6.45) is 2.55. The van der Waals surface area contributed by atoms with Crippen LogP contribution in [0.5, 0.6) is 11.5 Å². The average Bonchev–Trinajstić information content (AvgIpc) is 3.18. The van der Waals surface area contributed by atoms with Crippen molar-refractivity contribution in [3.05, 3.63) is 23.8 Å². The van der Waals surface area contributed by atoms with Crippen LogP contribution in [0.25, 0.3) is 0 Å². The van der Waals surface area contributed by atoms with Crippen LogP contribution in [0.15, 0.2) is 18.2 Å². The molecule has 1 N–H and O–H groups in total. The quantitative estimate of drug-likeness (QED) is 0.758. The smallest absolute Gasteiger partial charge is 0.124 e. The van der Waals surface area contributed by atoms with Crippen molar-refractivity contribution >= 4 is 0 Å². The van der Waals surface area contributed by atoms with Crippen LogP contribution >= 0.6 is 0 Å². The number of nitrogens with one attached hydrogen (secondary N) is 1. The largest absolute Gasteiger partial charge is 0.497 e. The minimum absolute atomic E-state index is 0.550. The Morgan fingerprint density at radius 1 is 1.35 bits per heavy atom.